The van der Waals surface area contributed by atoms with Crippen molar-refractivity contribution in [2.24, 2.45) is 11.8 Å². The average molecular weight is 685 g/mol. The summed E-state index contributed by atoms with van der Waals surface area (Å²) in [4.78, 5) is 48.2. The topological polar surface area (TPSA) is 90.4 Å². The van der Waals surface area contributed by atoms with E-state index in [1.54, 1.807) is 51.1 Å². The molecule has 3 fully saturated rings. The first-order valence-electron chi connectivity index (χ1n) is 15.1. The van der Waals surface area contributed by atoms with E-state index >= 15 is 0 Å². The molecule has 1 spiro atoms. The Kier molecular flexibility index (Phi) is 10.3. The quantitative estimate of drug-likeness (QED) is 0.172. The van der Waals surface area contributed by atoms with Crippen LogP contribution in [0.15, 0.2) is 79.9 Å². The van der Waals surface area contributed by atoms with Crippen molar-refractivity contribution in [1.29, 1.82) is 0 Å². The molecule has 234 valence electrons. The van der Waals surface area contributed by atoms with E-state index in [4.69, 9.17) is 16.3 Å². The second kappa shape index (κ2) is 14.0. The standard InChI is InChI=1S/C34H39BrClN3O5/c1-3-17-37(22-23-11-7-5-8-12-23)31(41)27-28-32(42)39(19-9-6-10-20-40)30(34(28)21-26(35)29(27)44-34)33(43)38(18-4-2)25-15-13-24(36)14-16-25/h3-5,7-8,11-16,26-30,40H,1-2,6,9-10,17-22H2/t26?,27-,28-,29-,30?,34?/m0/s1. The molecular weight excluding hydrogens is 646 g/mol. The number of alkyl halides is 1. The lowest BCUT2D eigenvalue weighted by Gasteiger charge is -2.37. The number of carbonyl (C=O) groups is 3. The number of hydrogen-bond acceptors (Lipinski definition) is 5. The summed E-state index contributed by atoms with van der Waals surface area (Å²) >= 11 is 9.92. The zero-order valence-corrected chi connectivity index (χ0v) is 27.0. The lowest BCUT2D eigenvalue weighted by molar-refractivity contribution is -0.145. The lowest BCUT2D eigenvalue weighted by atomic mass is 9.70. The number of ether oxygens (including phenoxy) is 1. The van der Waals surface area contributed by atoms with Gasteiger partial charge in [-0.05, 0) is 55.5 Å². The minimum atomic E-state index is -1.18. The Morgan fingerprint density at radius 3 is 2.41 bits per heavy atom. The summed E-state index contributed by atoms with van der Waals surface area (Å²) in [6.45, 7) is 9.01. The fourth-order valence-electron chi connectivity index (χ4n) is 7.13. The number of benzene rings is 2. The molecule has 0 radical (unpaired) electrons. The number of unbranched alkanes of at least 4 members (excludes halogenated alkanes) is 2. The van der Waals surface area contributed by atoms with E-state index in [-0.39, 0.29) is 35.7 Å². The van der Waals surface area contributed by atoms with Crippen molar-refractivity contribution in [2.75, 3.05) is 31.1 Å². The first kappa shape index (κ1) is 32.4. The summed E-state index contributed by atoms with van der Waals surface area (Å²) in [5, 5.41) is 9.88. The molecule has 3 aliphatic rings. The molecule has 3 unspecified atom stereocenters. The fourth-order valence-corrected chi connectivity index (χ4v) is 8.19. The van der Waals surface area contributed by atoms with Crippen molar-refractivity contribution in [3.05, 3.63) is 90.5 Å². The van der Waals surface area contributed by atoms with Crippen LogP contribution in [0.3, 0.4) is 0 Å². The van der Waals surface area contributed by atoms with Gasteiger partial charge in [-0.1, -0.05) is 70.0 Å². The summed E-state index contributed by atoms with van der Waals surface area (Å²) in [5.41, 5.74) is 0.418. The summed E-state index contributed by atoms with van der Waals surface area (Å²) in [5.74, 6) is -2.27. The van der Waals surface area contributed by atoms with Gasteiger partial charge >= 0.3 is 0 Å². The van der Waals surface area contributed by atoms with Gasteiger partial charge < -0.3 is 24.5 Å². The Labute approximate surface area is 272 Å². The zero-order chi connectivity index (χ0) is 31.4. The zero-order valence-electron chi connectivity index (χ0n) is 24.7. The van der Waals surface area contributed by atoms with E-state index in [0.29, 0.717) is 56.0 Å². The van der Waals surface area contributed by atoms with Gasteiger partial charge in [0.25, 0.3) is 5.91 Å². The third-order valence-corrected chi connectivity index (χ3v) is 10.1. The van der Waals surface area contributed by atoms with Crippen LogP contribution in [0.2, 0.25) is 5.02 Å². The Morgan fingerprint density at radius 1 is 1.05 bits per heavy atom. The van der Waals surface area contributed by atoms with Crippen LogP contribution in [0.4, 0.5) is 5.69 Å². The molecule has 3 saturated heterocycles. The van der Waals surface area contributed by atoms with Crippen molar-refractivity contribution in [1.82, 2.24) is 9.80 Å². The minimum absolute atomic E-state index is 0.0553. The van der Waals surface area contributed by atoms with Gasteiger partial charge in [0.1, 0.15) is 11.6 Å². The third kappa shape index (κ3) is 5.99. The molecule has 3 heterocycles. The van der Waals surface area contributed by atoms with Gasteiger partial charge in [-0.3, -0.25) is 14.4 Å². The lowest BCUT2D eigenvalue weighted by Crippen LogP contribution is -2.57. The molecule has 2 aromatic carbocycles. The van der Waals surface area contributed by atoms with Crippen molar-refractivity contribution in [2.45, 2.75) is 54.8 Å². The molecule has 2 aromatic rings. The van der Waals surface area contributed by atoms with E-state index in [0.717, 1.165) is 5.56 Å². The number of rotatable bonds is 14. The van der Waals surface area contributed by atoms with E-state index in [1.807, 2.05) is 30.3 Å². The van der Waals surface area contributed by atoms with Crippen LogP contribution >= 0.6 is 27.5 Å². The van der Waals surface area contributed by atoms with E-state index in [1.165, 1.54) is 0 Å². The molecule has 8 nitrogen and oxygen atoms in total. The molecule has 0 aliphatic carbocycles. The number of aliphatic hydroxyl groups is 1. The monoisotopic (exact) mass is 683 g/mol. The molecule has 3 amide bonds. The van der Waals surface area contributed by atoms with Crippen molar-refractivity contribution < 1.29 is 24.2 Å². The van der Waals surface area contributed by atoms with Gasteiger partial charge in [0.05, 0.1) is 17.9 Å². The van der Waals surface area contributed by atoms with E-state index in [2.05, 4.69) is 29.1 Å². The normalized spacial score (nSPS) is 26.8. The number of likely N-dealkylation sites (tertiary alicyclic amines) is 1. The number of nitrogens with zero attached hydrogens (tertiary/aromatic N) is 3. The number of amides is 3. The molecule has 6 atom stereocenters. The van der Waals surface area contributed by atoms with Crippen LogP contribution < -0.4 is 4.90 Å². The molecule has 0 saturated carbocycles. The van der Waals surface area contributed by atoms with Crippen LogP contribution in [-0.2, 0) is 25.7 Å². The van der Waals surface area contributed by atoms with Crippen LogP contribution in [0.1, 0.15) is 31.2 Å². The Morgan fingerprint density at radius 2 is 1.75 bits per heavy atom. The maximum Gasteiger partial charge on any atom is 0.253 e. The second-order valence-electron chi connectivity index (χ2n) is 11.7. The first-order valence-corrected chi connectivity index (χ1v) is 16.4. The number of anilines is 1. The molecule has 0 aromatic heterocycles. The van der Waals surface area contributed by atoms with Crippen molar-refractivity contribution in [3.63, 3.8) is 0 Å². The summed E-state index contributed by atoms with van der Waals surface area (Å²) < 4.78 is 6.74. The van der Waals surface area contributed by atoms with E-state index < -0.39 is 29.6 Å². The molecule has 3 aliphatic heterocycles. The average Bonchev–Trinajstić information content (AvgIpc) is 3.61. The van der Waals surface area contributed by atoms with Crippen molar-refractivity contribution >= 4 is 50.9 Å². The minimum Gasteiger partial charge on any atom is -0.396 e. The second-order valence-corrected chi connectivity index (χ2v) is 13.3. The fraction of sp³-hybridized carbons (Fsp3) is 0.441. The molecule has 2 bridgehead atoms. The van der Waals surface area contributed by atoms with Gasteiger partial charge in [0.15, 0.2) is 0 Å². The smallest absolute Gasteiger partial charge is 0.253 e. The van der Waals surface area contributed by atoms with Crippen LogP contribution in [0.5, 0.6) is 0 Å². The molecule has 10 heteroatoms. The highest BCUT2D eigenvalue weighted by Gasteiger charge is 2.76. The highest BCUT2D eigenvalue weighted by molar-refractivity contribution is 9.09. The number of halogens is 2. The first-order chi connectivity index (χ1) is 21.3. The summed E-state index contributed by atoms with van der Waals surface area (Å²) in [6, 6.07) is 15.7. The highest BCUT2D eigenvalue weighted by atomic mass is 79.9. The number of hydrogen-bond donors (Lipinski definition) is 1. The summed E-state index contributed by atoms with van der Waals surface area (Å²) in [7, 11) is 0. The summed E-state index contributed by atoms with van der Waals surface area (Å²) in [6.07, 6.45) is 5.10. The molecule has 1 N–H and O–H groups in total. The number of fused-ring (bicyclic) bond motifs is 1. The van der Waals surface area contributed by atoms with Crippen LogP contribution in [0.25, 0.3) is 0 Å². The maximum atomic E-state index is 14.7. The Hall–Kier alpha value is -2.98. The van der Waals surface area contributed by atoms with Gasteiger partial charge in [-0.2, -0.15) is 0 Å². The molecule has 44 heavy (non-hydrogen) atoms. The van der Waals surface area contributed by atoms with Gasteiger partial charge in [0, 0.05) is 48.3 Å². The van der Waals surface area contributed by atoms with Crippen LogP contribution in [0, 0.1) is 11.8 Å². The molecular formula is C34H39BrClN3O5. The van der Waals surface area contributed by atoms with Crippen LogP contribution in [-0.4, -0.2) is 81.4 Å². The third-order valence-electron chi connectivity index (χ3n) is 8.96. The van der Waals surface area contributed by atoms with E-state index in [9.17, 15) is 19.5 Å². The number of carbonyl (C=O) groups excluding carboxylic acids is 3. The Bertz CT molecular complexity index is 1370. The van der Waals surface area contributed by atoms with Gasteiger partial charge in [-0.25, -0.2) is 0 Å². The predicted octanol–water partition coefficient (Wildman–Crippen LogP) is 4.98. The van der Waals surface area contributed by atoms with Crippen molar-refractivity contribution in [3.8, 4) is 0 Å². The largest absolute Gasteiger partial charge is 0.396 e. The molecule has 5 rings (SSSR count). The van der Waals surface area contributed by atoms with Gasteiger partial charge in [0.2, 0.25) is 11.8 Å². The predicted molar refractivity (Wildman–Crippen MR) is 174 cm³/mol. The Balaban J connectivity index is 1.53. The maximum absolute atomic E-state index is 14.7. The SMILES string of the molecule is C=CCN(Cc1ccccc1)C(=O)[C@H]1[C@H]2C(=O)N(CCCCCO)C(C(=O)N(CC=C)c3ccc(Cl)cc3)C23CC(Br)[C@@H]1O3. The number of aliphatic hydroxyl groups excluding tert-OH is 1. The van der Waals surface area contributed by atoms with Gasteiger partial charge in [-0.15, -0.1) is 13.2 Å². The highest BCUT2D eigenvalue weighted by Crippen LogP contribution is 2.60.